The third-order valence-corrected chi connectivity index (χ3v) is 3.50. The topological polar surface area (TPSA) is 67.4 Å². The molecule has 0 saturated carbocycles. The van der Waals surface area contributed by atoms with Crippen molar-refractivity contribution in [2.75, 3.05) is 12.4 Å². The first-order valence-corrected chi connectivity index (χ1v) is 7.74. The molecular weight excluding hydrogens is 304 g/mol. The smallest absolute Gasteiger partial charge is 0.233 e. The summed E-state index contributed by atoms with van der Waals surface area (Å²) in [6, 6.07) is 13.2. The normalized spacial score (nSPS) is 10.1. The second-order valence-corrected chi connectivity index (χ2v) is 5.69. The first kappa shape index (κ1) is 17.5. The summed E-state index contributed by atoms with van der Waals surface area (Å²) in [5.74, 6) is 0.0396. The van der Waals surface area contributed by atoms with Gasteiger partial charge in [-0.05, 0) is 43.2 Å². The zero-order valence-electron chi connectivity index (χ0n) is 14.2. The lowest BCUT2D eigenvalue weighted by Crippen LogP contribution is -2.27. The monoisotopic (exact) mass is 326 g/mol. The van der Waals surface area contributed by atoms with E-state index in [-0.39, 0.29) is 18.2 Å². The third-order valence-electron chi connectivity index (χ3n) is 3.50. The highest BCUT2D eigenvalue weighted by molar-refractivity contribution is 6.03. The van der Waals surface area contributed by atoms with Crippen LogP contribution in [-0.2, 0) is 16.1 Å². The van der Waals surface area contributed by atoms with Crippen molar-refractivity contribution in [1.82, 2.24) is 5.32 Å². The van der Waals surface area contributed by atoms with E-state index in [1.54, 1.807) is 7.11 Å². The summed E-state index contributed by atoms with van der Waals surface area (Å²) in [6.45, 7) is 4.24. The van der Waals surface area contributed by atoms with Crippen molar-refractivity contribution in [2.45, 2.75) is 26.8 Å². The van der Waals surface area contributed by atoms with Gasteiger partial charge in [-0.3, -0.25) is 9.59 Å². The average Bonchev–Trinajstić information content (AvgIpc) is 2.52. The quantitative estimate of drug-likeness (QED) is 0.802. The summed E-state index contributed by atoms with van der Waals surface area (Å²) < 4.78 is 5.23. The maximum atomic E-state index is 12.0. The van der Waals surface area contributed by atoms with Crippen molar-refractivity contribution in [1.29, 1.82) is 0 Å². The fourth-order valence-corrected chi connectivity index (χ4v) is 2.50. The highest BCUT2D eigenvalue weighted by Crippen LogP contribution is 2.17. The number of carbonyl (C=O) groups is 2. The fourth-order valence-electron chi connectivity index (χ4n) is 2.50. The molecule has 0 aromatic heterocycles. The molecule has 0 bridgehead atoms. The Bertz CT molecular complexity index is 721. The number of amides is 2. The number of nitrogens with one attached hydrogen (secondary N) is 2. The predicted octanol–water partition coefficient (Wildman–Crippen LogP) is 2.96. The second-order valence-electron chi connectivity index (χ2n) is 5.69. The van der Waals surface area contributed by atoms with Gasteiger partial charge in [0, 0.05) is 17.8 Å². The minimum atomic E-state index is -0.336. The van der Waals surface area contributed by atoms with Gasteiger partial charge in [0.1, 0.15) is 12.2 Å². The largest absolute Gasteiger partial charge is 0.496 e. The number of benzene rings is 2. The Morgan fingerprint density at radius 2 is 1.67 bits per heavy atom. The van der Waals surface area contributed by atoms with Crippen molar-refractivity contribution >= 4 is 17.5 Å². The average molecular weight is 326 g/mol. The maximum absolute atomic E-state index is 12.0. The summed E-state index contributed by atoms with van der Waals surface area (Å²) in [4.78, 5) is 23.9. The lowest BCUT2D eigenvalue weighted by Gasteiger charge is -2.10. The van der Waals surface area contributed by atoms with E-state index >= 15 is 0 Å². The Morgan fingerprint density at radius 1 is 1.00 bits per heavy atom. The van der Waals surface area contributed by atoms with Crippen molar-refractivity contribution in [3.63, 3.8) is 0 Å². The summed E-state index contributed by atoms with van der Waals surface area (Å²) in [5.41, 5.74) is 3.69. The van der Waals surface area contributed by atoms with Crippen LogP contribution in [0.4, 0.5) is 5.69 Å². The van der Waals surface area contributed by atoms with Crippen LogP contribution < -0.4 is 15.4 Å². The lowest BCUT2D eigenvalue weighted by atomic mass is 10.1. The molecule has 2 amide bonds. The molecule has 0 saturated heterocycles. The van der Waals surface area contributed by atoms with Gasteiger partial charge in [-0.15, -0.1) is 0 Å². The number of hydrogen-bond acceptors (Lipinski definition) is 3. The summed E-state index contributed by atoms with van der Waals surface area (Å²) in [7, 11) is 1.58. The molecule has 0 unspecified atom stereocenters. The molecule has 0 aliphatic heterocycles. The summed E-state index contributed by atoms with van der Waals surface area (Å²) >= 11 is 0. The Balaban J connectivity index is 1.86. The van der Waals surface area contributed by atoms with E-state index in [1.165, 1.54) is 0 Å². The van der Waals surface area contributed by atoms with E-state index < -0.39 is 0 Å². The highest BCUT2D eigenvalue weighted by Gasteiger charge is 2.11. The molecule has 2 N–H and O–H groups in total. The Labute approximate surface area is 142 Å². The predicted molar refractivity (Wildman–Crippen MR) is 94.0 cm³/mol. The van der Waals surface area contributed by atoms with Gasteiger partial charge in [-0.1, -0.05) is 24.3 Å². The molecule has 24 heavy (non-hydrogen) atoms. The minimum absolute atomic E-state index is 0.220. The first-order valence-electron chi connectivity index (χ1n) is 7.74. The van der Waals surface area contributed by atoms with Gasteiger partial charge in [-0.25, -0.2) is 0 Å². The van der Waals surface area contributed by atoms with Crippen molar-refractivity contribution in [3.05, 3.63) is 59.2 Å². The van der Waals surface area contributed by atoms with Crippen LogP contribution in [0.25, 0.3) is 0 Å². The van der Waals surface area contributed by atoms with Crippen LogP contribution in [0.5, 0.6) is 5.75 Å². The Morgan fingerprint density at radius 3 is 2.33 bits per heavy atom. The van der Waals surface area contributed by atoms with Crippen molar-refractivity contribution in [2.24, 2.45) is 0 Å². The maximum Gasteiger partial charge on any atom is 0.233 e. The Kier molecular flexibility index (Phi) is 5.95. The molecule has 5 heteroatoms. The second kappa shape index (κ2) is 8.15. The zero-order chi connectivity index (χ0) is 17.5. The molecule has 5 nitrogen and oxygen atoms in total. The summed E-state index contributed by atoms with van der Waals surface area (Å²) in [5, 5.41) is 5.48. The van der Waals surface area contributed by atoms with E-state index in [0.717, 1.165) is 16.7 Å². The van der Waals surface area contributed by atoms with Gasteiger partial charge in [0.15, 0.2) is 0 Å². The van der Waals surface area contributed by atoms with Gasteiger partial charge in [-0.2, -0.15) is 0 Å². The molecule has 0 atom stereocenters. The standard InChI is InChI=1S/C19H22N2O3/c1-13-8-14(2)10-16(9-13)21-19(23)11-18(22)20-12-15-6-4-5-7-17(15)24-3/h4-10H,11-12H2,1-3H3,(H,20,22)(H,21,23). The molecule has 0 spiro atoms. The molecule has 2 aromatic rings. The van der Waals surface area contributed by atoms with Crippen LogP contribution in [0.2, 0.25) is 0 Å². The third kappa shape index (κ3) is 5.12. The SMILES string of the molecule is COc1ccccc1CNC(=O)CC(=O)Nc1cc(C)cc(C)c1. The van der Waals surface area contributed by atoms with Crippen molar-refractivity contribution in [3.8, 4) is 5.75 Å². The van der Waals surface area contributed by atoms with Gasteiger partial charge >= 0.3 is 0 Å². The number of para-hydroxylation sites is 1. The molecule has 0 aliphatic rings. The lowest BCUT2D eigenvalue weighted by molar-refractivity contribution is -0.126. The van der Waals surface area contributed by atoms with Gasteiger partial charge in [0.25, 0.3) is 0 Å². The first-order chi connectivity index (χ1) is 11.5. The molecule has 0 fully saturated rings. The molecule has 0 heterocycles. The molecule has 0 radical (unpaired) electrons. The molecule has 126 valence electrons. The zero-order valence-corrected chi connectivity index (χ0v) is 14.2. The number of hydrogen-bond donors (Lipinski definition) is 2. The van der Waals surface area contributed by atoms with Gasteiger partial charge in [0.2, 0.25) is 11.8 Å². The van der Waals surface area contributed by atoms with Crippen LogP contribution in [0.1, 0.15) is 23.1 Å². The number of aryl methyl sites for hydroxylation is 2. The van der Waals surface area contributed by atoms with Crippen LogP contribution in [0, 0.1) is 13.8 Å². The van der Waals surface area contributed by atoms with E-state index in [1.807, 2.05) is 56.3 Å². The molecular formula is C19H22N2O3. The van der Waals surface area contributed by atoms with E-state index in [2.05, 4.69) is 10.6 Å². The van der Waals surface area contributed by atoms with E-state index in [9.17, 15) is 9.59 Å². The van der Waals surface area contributed by atoms with Crippen LogP contribution in [0.15, 0.2) is 42.5 Å². The summed E-state index contributed by atoms with van der Waals surface area (Å²) in [6.07, 6.45) is -0.220. The molecule has 2 aromatic carbocycles. The highest BCUT2D eigenvalue weighted by atomic mass is 16.5. The molecule has 2 rings (SSSR count). The van der Waals surface area contributed by atoms with E-state index in [0.29, 0.717) is 18.0 Å². The minimum Gasteiger partial charge on any atom is -0.496 e. The van der Waals surface area contributed by atoms with E-state index in [4.69, 9.17) is 4.74 Å². The van der Waals surface area contributed by atoms with Gasteiger partial charge in [0.05, 0.1) is 7.11 Å². The van der Waals surface area contributed by atoms with Gasteiger partial charge < -0.3 is 15.4 Å². The number of ether oxygens (including phenoxy) is 1. The number of methoxy groups -OCH3 is 1. The Hall–Kier alpha value is -2.82. The fraction of sp³-hybridized carbons (Fsp3) is 0.263. The van der Waals surface area contributed by atoms with Crippen LogP contribution in [0.3, 0.4) is 0 Å². The number of rotatable bonds is 6. The van der Waals surface area contributed by atoms with Crippen molar-refractivity contribution < 1.29 is 14.3 Å². The van der Waals surface area contributed by atoms with Crippen LogP contribution >= 0.6 is 0 Å². The van der Waals surface area contributed by atoms with Crippen LogP contribution in [-0.4, -0.2) is 18.9 Å². The number of carbonyl (C=O) groups excluding carboxylic acids is 2. The number of anilines is 1. The molecule has 0 aliphatic carbocycles.